The van der Waals surface area contributed by atoms with Gasteiger partial charge in [0.2, 0.25) is 0 Å². The zero-order chi connectivity index (χ0) is 14.0. The van der Waals surface area contributed by atoms with Crippen LogP contribution >= 0.6 is 11.6 Å². The van der Waals surface area contributed by atoms with Crippen LogP contribution in [0.1, 0.15) is 44.7 Å². The quantitative estimate of drug-likeness (QED) is 0.883. The molecule has 0 amide bonds. The number of halogens is 1. The highest BCUT2D eigenvalue weighted by atomic mass is 35.5. The fourth-order valence-electron chi connectivity index (χ4n) is 2.30. The van der Waals surface area contributed by atoms with E-state index in [1.165, 1.54) is 17.7 Å². The third kappa shape index (κ3) is 3.80. The summed E-state index contributed by atoms with van der Waals surface area (Å²) in [5.74, 6) is 0. The molecule has 1 N–H and O–H groups in total. The maximum atomic E-state index is 6.13. The van der Waals surface area contributed by atoms with Gasteiger partial charge >= 0.3 is 0 Å². The van der Waals surface area contributed by atoms with Gasteiger partial charge in [0.15, 0.2) is 0 Å². The van der Waals surface area contributed by atoms with Crippen molar-refractivity contribution in [1.82, 2.24) is 5.32 Å². The van der Waals surface area contributed by atoms with Crippen molar-refractivity contribution in [3.8, 4) is 0 Å². The highest BCUT2D eigenvalue weighted by Gasteiger charge is 2.28. The SMILES string of the molecule is Cc1c(Cl)cccc1CN=C1CCC1NC(C)(C)C. The number of nitrogens with one attached hydrogen (secondary N) is 1. The third-order valence-electron chi connectivity index (χ3n) is 3.53. The van der Waals surface area contributed by atoms with Gasteiger partial charge < -0.3 is 5.32 Å². The van der Waals surface area contributed by atoms with E-state index in [1.54, 1.807) is 0 Å². The summed E-state index contributed by atoms with van der Waals surface area (Å²) >= 11 is 6.13. The van der Waals surface area contributed by atoms with Gasteiger partial charge in [0, 0.05) is 22.3 Å². The molecule has 0 aliphatic heterocycles. The van der Waals surface area contributed by atoms with E-state index in [-0.39, 0.29) is 5.54 Å². The normalized spacial score (nSPS) is 21.5. The minimum absolute atomic E-state index is 0.151. The zero-order valence-corrected chi connectivity index (χ0v) is 13.0. The topological polar surface area (TPSA) is 24.4 Å². The van der Waals surface area contributed by atoms with E-state index in [1.807, 2.05) is 12.1 Å². The standard InChI is InChI=1S/C16H23ClN2/c1-11-12(6-5-7-13(11)17)10-18-14-8-9-15(14)19-16(2,3)4/h5-7,15,19H,8-10H2,1-4H3. The Hall–Kier alpha value is -0.860. The number of aliphatic imine (C=N–C) groups is 1. The number of hydrogen-bond acceptors (Lipinski definition) is 2. The molecule has 0 heterocycles. The first-order valence-corrected chi connectivity index (χ1v) is 7.29. The minimum Gasteiger partial charge on any atom is -0.304 e. The van der Waals surface area contributed by atoms with E-state index < -0.39 is 0 Å². The van der Waals surface area contributed by atoms with Crippen LogP contribution < -0.4 is 5.32 Å². The Labute approximate surface area is 121 Å². The van der Waals surface area contributed by atoms with Crippen LogP contribution in [-0.4, -0.2) is 17.3 Å². The Kier molecular flexibility index (Phi) is 4.32. The highest BCUT2D eigenvalue weighted by Crippen LogP contribution is 2.22. The van der Waals surface area contributed by atoms with E-state index in [2.05, 4.69) is 39.1 Å². The first kappa shape index (κ1) is 14.5. The molecule has 2 nitrogen and oxygen atoms in total. The summed E-state index contributed by atoms with van der Waals surface area (Å²) in [6.45, 7) is 9.39. The molecule has 1 aliphatic carbocycles. The van der Waals surface area contributed by atoms with Crippen LogP contribution in [0.15, 0.2) is 23.2 Å². The molecule has 19 heavy (non-hydrogen) atoms. The third-order valence-corrected chi connectivity index (χ3v) is 3.94. The number of nitrogens with zero attached hydrogens (tertiary/aromatic N) is 1. The molecule has 1 aromatic carbocycles. The highest BCUT2D eigenvalue weighted by molar-refractivity contribution is 6.31. The first-order chi connectivity index (χ1) is 8.87. The first-order valence-electron chi connectivity index (χ1n) is 6.92. The Balaban J connectivity index is 2.01. The van der Waals surface area contributed by atoms with Gasteiger partial charge in [0.1, 0.15) is 0 Å². The molecular formula is C16H23ClN2. The molecule has 0 aromatic heterocycles. The predicted octanol–water partition coefficient (Wildman–Crippen LogP) is 4.14. The van der Waals surface area contributed by atoms with Crippen molar-refractivity contribution >= 4 is 17.3 Å². The van der Waals surface area contributed by atoms with Crippen molar-refractivity contribution in [2.24, 2.45) is 4.99 Å². The Bertz CT molecular complexity index is 486. The van der Waals surface area contributed by atoms with Crippen molar-refractivity contribution in [2.75, 3.05) is 0 Å². The molecule has 1 saturated carbocycles. The van der Waals surface area contributed by atoms with Crippen molar-refractivity contribution in [2.45, 2.75) is 58.7 Å². The van der Waals surface area contributed by atoms with E-state index >= 15 is 0 Å². The Morgan fingerprint density at radius 1 is 1.37 bits per heavy atom. The average molecular weight is 279 g/mol. The molecule has 0 bridgehead atoms. The summed E-state index contributed by atoms with van der Waals surface area (Å²) in [5, 5.41) is 4.44. The summed E-state index contributed by atoms with van der Waals surface area (Å²) in [7, 11) is 0. The van der Waals surface area contributed by atoms with Crippen LogP contribution in [0.5, 0.6) is 0 Å². The molecule has 1 aliphatic rings. The average Bonchev–Trinajstić information content (AvgIpc) is 2.29. The van der Waals surface area contributed by atoms with Gasteiger partial charge in [-0.1, -0.05) is 23.7 Å². The van der Waals surface area contributed by atoms with E-state index in [4.69, 9.17) is 16.6 Å². The Morgan fingerprint density at radius 3 is 2.68 bits per heavy atom. The van der Waals surface area contributed by atoms with Crippen LogP contribution in [0.3, 0.4) is 0 Å². The maximum absolute atomic E-state index is 6.13. The van der Waals surface area contributed by atoms with Gasteiger partial charge in [-0.15, -0.1) is 0 Å². The van der Waals surface area contributed by atoms with Crippen molar-refractivity contribution in [1.29, 1.82) is 0 Å². The maximum Gasteiger partial charge on any atom is 0.0642 e. The van der Waals surface area contributed by atoms with Crippen molar-refractivity contribution in [3.05, 3.63) is 34.3 Å². The minimum atomic E-state index is 0.151. The molecule has 1 aromatic rings. The van der Waals surface area contributed by atoms with Gasteiger partial charge in [-0.2, -0.15) is 0 Å². The molecule has 0 saturated heterocycles. The molecule has 0 radical (unpaired) electrons. The van der Waals surface area contributed by atoms with Crippen molar-refractivity contribution < 1.29 is 0 Å². The summed E-state index contributed by atoms with van der Waals surface area (Å²) in [6, 6.07) is 6.49. The van der Waals surface area contributed by atoms with Crippen LogP contribution in [-0.2, 0) is 6.54 Å². The van der Waals surface area contributed by atoms with Gasteiger partial charge in [-0.25, -0.2) is 0 Å². The summed E-state index contributed by atoms with van der Waals surface area (Å²) in [4.78, 5) is 4.76. The molecule has 3 heteroatoms. The van der Waals surface area contributed by atoms with Gasteiger partial charge in [-0.3, -0.25) is 4.99 Å². The number of hydrogen-bond donors (Lipinski definition) is 1. The second-order valence-corrected chi connectivity index (χ2v) is 6.72. The molecule has 1 fully saturated rings. The number of benzene rings is 1. The van der Waals surface area contributed by atoms with Crippen LogP contribution in [0, 0.1) is 6.92 Å². The van der Waals surface area contributed by atoms with E-state index in [0.717, 1.165) is 23.6 Å². The number of rotatable bonds is 3. The molecular weight excluding hydrogens is 256 g/mol. The molecule has 0 spiro atoms. The fourth-order valence-corrected chi connectivity index (χ4v) is 2.49. The predicted molar refractivity (Wildman–Crippen MR) is 83.2 cm³/mol. The van der Waals surface area contributed by atoms with E-state index in [0.29, 0.717) is 6.04 Å². The lowest BCUT2D eigenvalue weighted by molar-refractivity contribution is 0.370. The van der Waals surface area contributed by atoms with Crippen molar-refractivity contribution in [3.63, 3.8) is 0 Å². The summed E-state index contributed by atoms with van der Waals surface area (Å²) in [6.07, 6.45) is 2.32. The van der Waals surface area contributed by atoms with Gasteiger partial charge in [0.05, 0.1) is 6.54 Å². The summed E-state index contributed by atoms with van der Waals surface area (Å²) < 4.78 is 0. The molecule has 1 atom stereocenters. The molecule has 2 rings (SSSR count). The van der Waals surface area contributed by atoms with Crippen LogP contribution in [0.25, 0.3) is 0 Å². The second kappa shape index (κ2) is 5.64. The molecule has 1 unspecified atom stereocenters. The monoisotopic (exact) mass is 278 g/mol. The smallest absolute Gasteiger partial charge is 0.0642 e. The Morgan fingerprint density at radius 2 is 2.11 bits per heavy atom. The lowest BCUT2D eigenvalue weighted by atomic mass is 9.87. The van der Waals surface area contributed by atoms with Crippen LogP contribution in [0.2, 0.25) is 5.02 Å². The molecule has 104 valence electrons. The lowest BCUT2D eigenvalue weighted by Gasteiger charge is -2.35. The van der Waals surface area contributed by atoms with Crippen LogP contribution in [0.4, 0.5) is 0 Å². The second-order valence-electron chi connectivity index (χ2n) is 6.32. The van der Waals surface area contributed by atoms with Gasteiger partial charge in [0.25, 0.3) is 0 Å². The lowest BCUT2D eigenvalue weighted by Crippen LogP contribution is -2.52. The summed E-state index contributed by atoms with van der Waals surface area (Å²) in [5.41, 5.74) is 3.82. The largest absolute Gasteiger partial charge is 0.304 e. The van der Waals surface area contributed by atoms with Gasteiger partial charge in [-0.05, 0) is 57.7 Å². The van der Waals surface area contributed by atoms with E-state index in [9.17, 15) is 0 Å². The zero-order valence-electron chi connectivity index (χ0n) is 12.3. The fraction of sp³-hybridized carbons (Fsp3) is 0.562.